The summed E-state index contributed by atoms with van der Waals surface area (Å²) in [5, 5.41) is 0. The van der Waals surface area contributed by atoms with Crippen molar-refractivity contribution in [1.82, 2.24) is 5.43 Å². The van der Waals surface area contributed by atoms with E-state index in [0.29, 0.717) is 6.42 Å². The Balaban J connectivity index is 2.06. The first-order valence-corrected chi connectivity index (χ1v) is 6.53. The number of halogens is 1. The van der Waals surface area contributed by atoms with E-state index in [4.69, 9.17) is 10.6 Å². The lowest BCUT2D eigenvalue weighted by Gasteiger charge is -2.30. The van der Waals surface area contributed by atoms with Gasteiger partial charge in [-0.15, -0.1) is 0 Å². The number of benzene rings is 1. The van der Waals surface area contributed by atoms with Crippen LogP contribution in [0.1, 0.15) is 30.4 Å². The van der Waals surface area contributed by atoms with Crippen LogP contribution in [0.15, 0.2) is 18.2 Å². The van der Waals surface area contributed by atoms with Gasteiger partial charge in [-0.25, -0.2) is 4.39 Å². The molecule has 100 valence electrons. The molecule has 1 aliphatic rings. The van der Waals surface area contributed by atoms with E-state index in [1.54, 1.807) is 12.1 Å². The molecule has 0 bridgehead atoms. The van der Waals surface area contributed by atoms with Crippen LogP contribution >= 0.6 is 0 Å². The molecule has 1 saturated heterocycles. The lowest BCUT2D eigenvalue weighted by atomic mass is 9.94. The summed E-state index contributed by atoms with van der Waals surface area (Å²) in [6, 6.07) is 4.93. The van der Waals surface area contributed by atoms with Gasteiger partial charge in [0.15, 0.2) is 0 Å². The molecular formula is C14H21FN2O. The highest BCUT2D eigenvalue weighted by molar-refractivity contribution is 5.27. The molecule has 0 radical (unpaired) electrons. The third kappa shape index (κ3) is 3.28. The topological polar surface area (TPSA) is 47.3 Å². The zero-order valence-corrected chi connectivity index (χ0v) is 10.8. The monoisotopic (exact) mass is 252 g/mol. The van der Waals surface area contributed by atoms with Crippen LogP contribution in [0.25, 0.3) is 0 Å². The zero-order chi connectivity index (χ0) is 13.0. The maximum atomic E-state index is 13.3. The van der Waals surface area contributed by atoms with Gasteiger partial charge >= 0.3 is 0 Å². The van der Waals surface area contributed by atoms with Crippen molar-refractivity contribution in [2.75, 3.05) is 6.61 Å². The van der Waals surface area contributed by atoms with E-state index in [-0.39, 0.29) is 18.0 Å². The summed E-state index contributed by atoms with van der Waals surface area (Å²) in [4.78, 5) is 0. The van der Waals surface area contributed by atoms with Crippen LogP contribution in [0.3, 0.4) is 0 Å². The zero-order valence-electron chi connectivity index (χ0n) is 10.8. The smallest absolute Gasteiger partial charge is 0.123 e. The molecule has 1 aliphatic heterocycles. The Morgan fingerprint density at radius 1 is 1.50 bits per heavy atom. The van der Waals surface area contributed by atoms with Gasteiger partial charge in [0, 0.05) is 6.61 Å². The van der Waals surface area contributed by atoms with Crippen molar-refractivity contribution in [1.29, 1.82) is 0 Å². The fourth-order valence-electron chi connectivity index (χ4n) is 2.48. The van der Waals surface area contributed by atoms with Gasteiger partial charge in [-0.05, 0) is 55.9 Å². The summed E-state index contributed by atoms with van der Waals surface area (Å²) < 4.78 is 19.0. The van der Waals surface area contributed by atoms with E-state index in [9.17, 15) is 4.39 Å². The number of rotatable bonds is 4. The fourth-order valence-corrected chi connectivity index (χ4v) is 2.48. The van der Waals surface area contributed by atoms with Crippen LogP contribution in [-0.2, 0) is 11.2 Å². The molecule has 0 saturated carbocycles. The largest absolute Gasteiger partial charge is 0.377 e. The Morgan fingerprint density at radius 2 is 2.33 bits per heavy atom. The van der Waals surface area contributed by atoms with Crippen LogP contribution in [0.2, 0.25) is 0 Å². The summed E-state index contributed by atoms with van der Waals surface area (Å²) in [5.74, 6) is 5.42. The predicted molar refractivity (Wildman–Crippen MR) is 69.5 cm³/mol. The number of nitrogens with two attached hydrogens (primary N) is 1. The fraction of sp³-hybridized carbons (Fsp3) is 0.571. The van der Waals surface area contributed by atoms with Gasteiger partial charge in [-0.2, -0.15) is 0 Å². The van der Waals surface area contributed by atoms with Crippen LogP contribution < -0.4 is 11.3 Å². The van der Waals surface area contributed by atoms with Crippen molar-refractivity contribution < 1.29 is 9.13 Å². The third-order valence-electron chi connectivity index (χ3n) is 3.63. The minimum absolute atomic E-state index is 0.0470. The maximum absolute atomic E-state index is 13.3. The van der Waals surface area contributed by atoms with Gasteiger partial charge in [0.05, 0.1) is 12.1 Å². The van der Waals surface area contributed by atoms with E-state index in [1.807, 2.05) is 6.92 Å². The second-order valence-corrected chi connectivity index (χ2v) is 4.95. The molecule has 0 aliphatic carbocycles. The first kappa shape index (κ1) is 13.5. The van der Waals surface area contributed by atoms with Crippen molar-refractivity contribution in [3.05, 3.63) is 35.1 Å². The summed E-state index contributed by atoms with van der Waals surface area (Å²) in [6.07, 6.45) is 4.14. The molecule has 1 heterocycles. The molecule has 4 heteroatoms. The number of nitrogens with one attached hydrogen (secondary N) is 1. The Bertz CT molecular complexity index is 391. The molecule has 0 amide bonds. The number of hydrogen-bond donors (Lipinski definition) is 2. The molecule has 1 fully saturated rings. The second-order valence-electron chi connectivity index (χ2n) is 4.95. The van der Waals surface area contributed by atoms with Gasteiger partial charge in [0.2, 0.25) is 0 Å². The summed E-state index contributed by atoms with van der Waals surface area (Å²) in [5.41, 5.74) is 4.90. The SMILES string of the molecule is Cc1ccc(F)cc1CC(NN)C1CCCCO1. The average Bonchev–Trinajstić information content (AvgIpc) is 2.41. The Hall–Kier alpha value is -0.970. The first-order chi connectivity index (χ1) is 8.70. The van der Waals surface area contributed by atoms with Crippen molar-refractivity contribution in [2.24, 2.45) is 5.84 Å². The third-order valence-corrected chi connectivity index (χ3v) is 3.63. The van der Waals surface area contributed by atoms with E-state index < -0.39 is 0 Å². The highest BCUT2D eigenvalue weighted by atomic mass is 19.1. The van der Waals surface area contributed by atoms with E-state index >= 15 is 0 Å². The lowest BCUT2D eigenvalue weighted by molar-refractivity contribution is -0.00747. The molecular weight excluding hydrogens is 231 g/mol. The molecule has 3 nitrogen and oxygen atoms in total. The molecule has 0 spiro atoms. The van der Waals surface area contributed by atoms with Crippen LogP contribution in [-0.4, -0.2) is 18.8 Å². The lowest BCUT2D eigenvalue weighted by Crippen LogP contribution is -2.47. The van der Waals surface area contributed by atoms with Crippen LogP contribution in [0.5, 0.6) is 0 Å². The maximum Gasteiger partial charge on any atom is 0.123 e. The Kier molecular flexibility index (Phi) is 4.69. The summed E-state index contributed by atoms with van der Waals surface area (Å²) in [6.45, 7) is 2.79. The highest BCUT2D eigenvalue weighted by Crippen LogP contribution is 2.20. The number of ether oxygens (including phenoxy) is 1. The van der Waals surface area contributed by atoms with Crippen LogP contribution in [0.4, 0.5) is 4.39 Å². The van der Waals surface area contributed by atoms with E-state index in [2.05, 4.69) is 5.43 Å². The molecule has 0 aromatic heterocycles. The molecule has 2 atom stereocenters. The first-order valence-electron chi connectivity index (χ1n) is 6.53. The molecule has 2 unspecified atom stereocenters. The Morgan fingerprint density at radius 3 is 3.00 bits per heavy atom. The minimum atomic E-state index is -0.198. The molecule has 1 aromatic carbocycles. The van der Waals surface area contributed by atoms with Gasteiger partial charge in [-0.1, -0.05) is 6.07 Å². The van der Waals surface area contributed by atoms with Gasteiger partial charge in [0.1, 0.15) is 5.82 Å². The number of aryl methyl sites for hydroxylation is 1. The average molecular weight is 252 g/mol. The minimum Gasteiger partial charge on any atom is -0.377 e. The molecule has 2 rings (SSSR count). The molecule has 3 N–H and O–H groups in total. The predicted octanol–water partition coefficient (Wildman–Crippen LogP) is 2.08. The van der Waals surface area contributed by atoms with Crippen molar-refractivity contribution in [2.45, 2.75) is 44.8 Å². The molecule has 1 aromatic rings. The van der Waals surface area contributed by atoms with Gasteiger partial charge < -0.3 is 4.74 Å². The normalized spacial score (nSPS) is 21.8. The van der Waals surface area contributed by atoms with E-state index in [1.165, 1.54) is 12.5 Å². The summed E-state index contributed by atoms with van der Waals surface area (Å²) >= 11 is 0. The Labute approximate surface area is 107 Å². The van der Waals surface area contributed by atoms with Crippen molar-refractivity contribution >= 4 is 0 Å². The highest BCUT2D eigenvalue weighted by Gasteiger charge is 2.24. The molecule has 18 heavy (non-hydrogen) atoms. The number of hydrogen-bond acceptors (Lipinski definition) is 3. The van der Waals surface area contributed by atoms with Gasteiger partial charge in [-0.3, -0.25) is 11.3 Å². The quantitative estimate of drug-likeness (QED) is 0.637. The van der Waals surface area contributed by atoms with Gasteiger partial charge in [0.25, 0.3) is 0 Å². The number of hydrazine groups is 1. The van der Waals surface area contributed by atoms with Crippen LogP contribution in [0, 0.1) is 12.7 Å². The van der Waals surface area contributed by atoms with E-state index in [0.717, 1.165) is 30.6 Å². The standard InChI is InChI=1S/C14H21FN2O/c1-10-5-6-12(15)8-11(10)9-13(17-16)14-4-2-3-7-18-14/h5-6,8,13-14,17H,2-4,7,9,16H2,1H3. The van der Waals surface area contributed by atoms with Crippen molar-refractivity contribution in [3.8, 4) is 0 Å². The summed E-state index contributed by atoms with van der Waals surface area (Å²) in [7, 11) is 0. The second kappa shape index (κ2) is 6.27. The van der Waals surface area contributed by atoms with Crippen molar-refractivity contribution in [3.63, 3.8) is 0 Å².